The average Bonchev–Trinajstić information content (AvgIpc) is 2.71. The van der Waals surface area contributed by atoms with Gasteiger partial charge >= 0.3 is 0 Å². The summed E-state index contributed by atoms with van der Waals surface area (Å²) in [4.78, 5) is 27.1. The highest BCUT2D eigenvalue weighted by molar-refractivity contribution is 7.80. The predicted octanol–water partition coefficient (Wildman–Crippen LogP) is 3.16. The fraction of sp³-hybridized carbons (Fsp3) is 0.227. The minimum atomic E-state index is -0.570. The van der Waals surface area contributed by atoms with E-state index in [2.05, 4.69) is 5.32 Å². The maximum Gasteiger partial charge on any atom is 0.270 e. The lowest BCUT2D eigenvalue weighted by Gasteiger charge is -2.30. The largest absolute Gasteiger partial charge is 0.493 e. The lowest BCUT2D eigenvalue weighted by Crippen LogP contribution is -2.54. The van der Waals surface area contributed by atoms with Crippen LogP contribution in [0.2, 0.25) is 0 Å². The van der Waals surface area contributed by atoms with Gasteiger partial charge in [-0.15, -0.1) is 0 Å². The van der Waals surface area contributed by atoms with Gasteiger partial charge in [-0.1, -0.05) is 17.7 Å². The van der Waals surface area contributed by atoms with Crippen molar-refractivity contribution in [1.29, 1.82) is 0 Å². The van der Waals surface area contributed by atoms with Crippen LogP contribution in [-0.4, -0.2) is 38.3 Å². The summed E-state index contributed by atoms with van der Waals surface area (Å²) in [5, 5.41) is 2.63. The van der Waals surface area contributed by atoms with Gasteiger partial charge in [-0.2, -0.15) is 0 Å². The Morgan fingerprint density at radius 2 is 1.60 bits per heavy atom. The molecule has 0 aromatic heterocycles. The highest BCUT2D eigenvalue weighted by atomic mass is 32.1. The zero-order valence-electron chi connectivity index (χ0n) is 17.4. The number of methoxy groups -OCH3 is 3. The van der Waals surface area contributed by atoms with E-state index in [9.17, 15) is 9.59 Å². The van der Waals surface area contributed by atoms with Crippen LogP contribution in [0.15, 0.2) is 35.9 Å². The molecule has 0 aliphatic carbocycles. The van der Waals surface area contributed by atoms with Crippen LogP contribution in [0, 0.1) is 13.8 Å². The molecule has 0 atom stereocenters. The number of rotatable bonds is 5. The molecule has 8 heteroatoms. The zero-order valence-corrected chi connectivity index (χ0v) is 18.2. The summed E-state index contributed by atoms with van der Waals surface area (Å²) in [7, 11) is 4.49. The number of nitrogens with one attached hydrogen (secondary N) is 1. The van der Waals surface area contributed by atoms with Gasteiger partial charge in [0, 0.05) is 0 Å². The standard InChI is InChI=1S/C22H22N2O5S/c1-12-6-7-16(13(2)8-12)24-21(26)15(20(25)23-22(24)30)9-14-10-17(27-3)19(29-5)18(11-14)28-4/h6-11H,1-5H3,(H,23,25,30)/b15-9-. The number of amides is 2. The second-order valence-corrected chi connectivity index (χ2v) is 7.09. The van der Waals surface area contributed by atoms with E-state index in [1.54, 1.807) is 12.1 Å². The molecule has 0 unspecified atom stereocenters. The van der Waals surface area contributed by atoms with E-state index in [1.165, 1.54) is 32.3 Å². The zero-order chi connectivity index (χ0) is 22.0. The number of carbonyl (C=O) groups excluding carboxylic acids is 2. The van der Waals surface area contributed by atoms with Crippen molar-refractivity contribution in [2.75, 3.05) is 26.2 Å². The molecule has 0 radical (unpaired) electrons. The van der Waals surface area contributed by atoms with Crippen LogP contribution in [0.25, 0.3) is 6.08 Å². The second-order valence-electron chi connectivity index (χ2n) is 6.71. The Morgan fingerprint density at radius 1 is 0.967 bits per heavy atom. The first kappa shape index (κ1) is 21.3. The molecule has 1 saturated heterocycles. The van der Waals surface area contributed by atoms with E-state index >= 15 is 0 Å². The van der Waals surface area contributed by atoms with E-state index < -0.39 is 11.8 Å². The number of hydrogen-bond donors (Lipinski definition) is 1. The number of thiocarbonyl (C=S) groups is 1. The summed E-state index contributed by atoms with van der Waals surface area (Å²) in [5.41, 5.74) is 3.03. The van der Waals surface area contributed by atoms with E-state index in [1.807, 2.05) is 32.0 Å². The van der Waals surface area contributed by atoms with Crippen molar-refractivity contribution >= 4 is 40.9 Å². The van der Waals surface area contributed by atoms with Crippen molar-refractivity contribution in [2.24, 2.45) is 0 Å². The third-order valence-corrected chi connectivity index (χ3v) is 4.98. The van der Waals surface area contributed by atoms with Crippen LogP contribution in [0.1, 0.15) is 16.7 Å². The van der Waals surface area contributed by atoms with Crippen molar-refractivity contribution in [1.82, 2.24) is 5.32 Å². The van der Waals surface area contributed by atoms with Crippen molar-refractivity contribution in [3.63, 3.8) is 0 Å². The van der Waals surface area contributed by atoms with Crippen LogP contribution in [0.5, 0.6) is 17.2 Å². The molecular formula is C22H22N2O5S. The molecular weight excluding hydrogens is 404 g/mol. The Hall–Kier alpha value is -3.39. The third-order valence-electron chi connectivity index (χ3n) is 4.69. The molecule has 1 aliphatic rings. The predicted molar refractivity (Wildman–Crippen MR) is 118 cm³/mol. The minimum Gasteiger partial charge on any atom is -0.493 e. The van der Waals surface area contributed by atoms with Gasteiger partial charge in [0.05, 0.1) is 27.0 Å². The van der Waals surface area contributed by atoms with E-state index in [0.717, 1.165) is 11.1 Å². The smallest absolute Gasteiger partial charge is 0.270 e. The fourth-order valence-electron chi connectivity index (χ4n) is 3.28. The number of ether oxygens (including phenoxy) is 3. The molecule has 2 aromatic rings. The van der Waals surface area contributed by atoms with E-state index in [-0.39, 0.29) is 10.7 Å². The van der Waals surface area contributed by atoms with Crippen molar-refractivity contribution in [3.05, 3.63) is 52.6 Å². The van der Waals surface area contributed by atoms with Gasteiger partial charge in [-0.25, -0.2) is 0 Å². The number of aryl methyl sites for hydroxylation is 2. The Kier molecular flexibility index (Phi) is 6.07. The van der Waals surface area contributed by atoms with Crippen LogP contribution in [-0.2, 0) is 9.59 Å². The number of benzene rings is 2. The molecule has 0 bridgehead atoms. The first-order valence-corrected chi connectivity index (χ1v) is 9.50. The normalized spacial score (nSPS) is 15.3. The lowest BCUT2D eigenvalue weighted by atomic mass is 10.0. The number of anilines is 1. The molecule has 156 valence electrons. The highest BCUT2D eigenvalue weighted by Gasteiger charge is 2.35. The monoisotopic (exact) mass is 426 g/mol. The molecule has 0 saturated carbocycles. The van der Waals surface area contributed by atoms with Gasteiger partial charge < -0.3 is 14.2 Å². The maximum absolute atomic E-state index is 13.2. The lowest BCUT2D eigenvalue weighted by molar-refractivity contribution is -0.122. The summed E-state index contributed by atoms with van der Waals surface area (Å²) in [6.45, 7) is 3.85. The molecule has 1 heterocycles. The number of carbonyl (C=O) groups is 2. The highest BCUT2D eigenvalue weighted by Crippen LogP contribution is 2.39. The van der Waals surface area contributed by atoms with Crippen molar-refractivity contribution in [2.45, 2.75) is 13.8 Å². The average molecular weight is 426 g/mol. The molecule has 1 aliphatic heterocycles. The summed E-state index contributed by atoms with van der Waals surface area (Å²) in [5.74, 6) is 0.159. The first-order chi connectivity index (χ1) is 14.3. The molecule has 3 rings (SSSR count). The summed E-state index contributed by atoms with van der Waals surface area (Å²) in [6.07, 6.45) is 1.47. The Bertz CT molecular complexity index is 1050. The molecule has 2 amide bonds. The molecule has 2 aromatic carbocycles. The quantitative estimate of drug-likeness (QED) is 0.450. The topological polar surface area (TPSA) is 77.1 Å². The molecule has 1 fully saturated rings. The van der Waals surface area contributed by atoms with Crippen LogP contribution < -0.4 is 24.4 Å². The molecule has 1 N–H and O–H groups in total. The molecule has 0 spiro atoms. The van der Waals surface area contributed by atoms with Gasteiger partial charge in [0.2, 0.25) is 5.75 Å². The Labute approximate surface area is 180 Å². The van der Waals surface area contributed by atoms with Gasteiger partial charge in [0.25, 0.3) is 11.8 Å². The SMILES string of the molecule is COc1cc(/C=C2/C(=O)NC(=S)N(c3ccc(C)cc3C)C2=O)cc(OC)c1OC. The van der Waals surface area contributed by atoms with Crippen molar-refractivity contribution in [3.8, 4) is 17.2 Å². The molecule has 7 nitrogen and oxygen atoms in total. The summed E-state index contributed by atoms with van der Waals surface area (Å²) in [6, 6.07) is 8.96. The third kappa shape index (κ3) is 3.86. The molecule has 30 heavy (non-hydrogen) atoms. The van der Waals surface area contributed by atoms with Gasteiger partial charge in [-0.3, -0.25) is 19.8 Å². The second kappa shape index (κ2) is 8.54. The van der Waals surface area contributed by atoms with Gasteiger partial charge in [-0.05, 0) is 61.5 Å². The Morgan fingerprint density at radius 3 is 2.13 bits per heavy atom. The van der Waals surface area contributed by atoms with Gasteiger partial charge in [0.15, 0.2) is 16.6 Å². The minimum absolute atomic E-state index is 0.0407. The first-order valence-electron chi connectivity index (χ1n) is 9.09. The number of hydrogen-bond acceptors (Lipinski definition) is 6. The fourth-order valence-corrected chi connectivity index (χ4v) is 3.56. The van der Waals surface area contributed by atoms with Crippen LogP contribution in [0.4, 0.5) is 5.69 Å². The Balaban J connectivity index is 2.09. The van der Waals surface area contributed by atoms with Crippen molar-refractivity contribution < 1.29 is 23.8 Å². The van der Waals surface area contributed by atoms with E-state index in [4.69, 9.17) is 26.4 Å². The number of nitrogens with zero attached hydrogens (tertiary/aromatic N) is 1. The van der Waals surface area contributed by atoms with Crippen LogP contribution in [0.3, 0.4) is 0 Å². The maximum atomic E-state index is 13.2. The summed E-state index contributed by atoms with van der Waals surface area (Å²) < 4.78 is 16.0. The van der Waals surface area contributed by atoms with Crippen LogP contribution >= 0.6 is 12.2 Å². The summed E-state index contributed by atoms with van der Waals surface area (Å²) >= 11 is 5.27. The van der Waals surface area contributed by atoms with Gasteiger partial charge in [0.1, 0.15) is 5.57 Å². The van der Waals surface area contributed by atoms with E-state index in [0.29, 0.717) is 28.5 Å².